The van der Waals surface area contributed by atoms with Crippen LogP contribution in [0.25, 0.3) is 6.08 Å². The fraction of sp³-hybridized carbons (Fsp3) is 0.421. The molecule has 0 bridgehead atoms. The number of amides is 2. The van der Waals surface area contributed by atoms with Crippen LogP contribution in [0.3, 0.4) is 0 Å². The first-order valence-corrected chi connectivity index (χ1v) is 12.2. The highest BCUT2D eigenvalue weighted by atomic mass is 32.2. The Labute approximate surface area is 179 Å². The summed E-state index contributed by atoms with van der Waals surface area (Å²) in [5.74, 6) is 0.492. The SMILES string of the molecule is COc1ccc(C=C2SC(=S)N(CCCC(=O)NC3CCS(=O)(=O)C3)C2=O)cc1. The summed E-state index contributed by atoms with van der Waals surface area (Å²) in [7, 11) is -1.43. The Hall–Kier alpha value is -1.91. The number of ether oxygens (including phenoxy) is 1. The summed E-state index contributed by atoms with van der Waals surface area (Å²) in [6.07, 6.45) is 2.91. The molecule has 2 heterocycles. The number of methoxy groups -OCH3 is 1. The molecule has 1 aromatic carbocycles. The van der Waals surface area contributed by atoms with Gasteiger partial charge >= 0.3 is 0 Å². The smallest absolute Gasteiger partial charge is 0.266 e. The van der Waals surface area contributed by atoms with Gasteiger partial charge in [-0.25, -0.2) is 8.42 Å². The number of rotatable bonds is 7. The van der Waals surface area contributed by atoms with E-state index < -0.39 is 9.84 Å². The molecule has 3 rings (SSSR count). The van der Waals surface area contributed by atoms with Crippen LogP contribution in [-0.4, -0.2) is 60.7 Å². The van der Waals surface area contributed by atoms with Crippen molar-refractivity contribution in [1.82, 2.24) is 10.2 Å². The molecule has 1 aromatic rings. The molecule has 2 aliphatic rings. The fourth-order valence-corrected chi connectivity index (χ4v) is 6.13. The number of thioether (sulfide) groups is 1. The van der Waals surface area contributed by atoms with Gasteiger partial charge in [-0.1, -0.05) is 36.1 Å². The van der Waals surface area contributed by atoms with Crippen LogP contribution in [0.2, 0.25) is 0 Å². The number of benzene rings is 1. The molecule has 2 aliphatic heterocycles. The lowest BCUT2D eigenvalue weighted by Gasteiger charge is -2.15. The van der Waals surface area contributed by atoms with Gasteiger partial charge in [0.05, 0.1) is 23.5 Å². The normalized spacial score (nSPS) is 22.3. The van der Waals surface area contributed by atoms with Crippen LogP contribution in [-0.2, 0) is 19.4 Å². The lowest BCUT2D eigenvalue weighted by atomic mass is 10.2. The van der Waals surface area contributed by atoms with E-state index in [4.69, 9.17) is 17.0 Å². The highest BCUT2D eigenvalue weighted by Gasteiger charge is 2.32. The van der Waals surface area contributed by atoms with Gasteiger partial charge in [-0.2, -0.15) is 0 Å². The molecule has 29 heavy (non-hydrogen) atoms. The van der Waals surface area contributed by atoms with Crippen molar-refractivity contribution in [2.45, 2.75) is 25.3 Å². The van der Waals surface area contributed by atoms with Gasteiger partial charge in [0, 0.05) is 19.0 Å². The Morgan fingerprint density at radius 2 is 2.10 bits per heavy atom. The number of sulfone groups is 1. The third-order valence-corrected chi connectivity index (χ3v) is 7.82. The van der Waals surface area contributed by atoms with Crippen LogP contribution in [0.15, 0.2) is 29.2 Å². The van der Waals surface area contributed by atoms with Crippen LogP contribution in [0.1, 0.15) is 24.8 Å². The Balaban J connectivity index is 1.49. The first-order valence-electron chi connectivity index (χ1n) is 9.16. The predicted octanol–water partition coefficient (Wildman–Crippen LogP) is 1.98. The van der Waals surface area contributed by atoms with Gasteiger partial charge < -0.3 is 10.1 Å². The van der Waals surface area contributed by atoms with Gasteiger partial charge in [-0.15, -0.1) is 0 Å². The van der Waals surface area contributed by atoms with Gasteiger partial charge in [-0.3, -0.25) is 14.5 Å². The molecule has 0 aromatic heterocycles. The van der Waals surface area contributed by atoms with Crippen molar-refractivity contribution in [3.8, 4) is 5.75 Å². The molecular formula is C19H22N2O5S3. The number of carbonyl (C=O) groups excluding carboxylic acids is 2. The van der Waals surface area contributed by atoms with Crippen LogP contribution in [0.4, 0.5) is 0 Å². The van der Waals surface area contributed by atoms with Crippen molar-refractivity contribution in [2.75, 3.05) is 25.2 Å². The zero-order valence-corrected chi connectivity index (χ0v) is 18.4. The van der Waals surface area contributed by atoms with Crippen molar-refractivity contribution in [1.29, 1.82) is 0 Å². The molecule has 0 radical (unpaired) electrons. The lowest BCUT2D eigenvalue weighted by Crippen LogP contribution is -2.36. The number of thiocarbonyl (C=S) groups is 1. The molecule has 2 saturated heterocycles. The highest BCUT2D eigenvalue weighted by molar-refractivity contribution is 8.26. The van der Waals surface area contributed by atoms with Crippen molar-refractivity contribution >= 4 is 56.0 Å². The lowest BCUT2D eigenvalue weighted by molar-refractivity contribution is -0.124. The van der Waals surface area contributed by atoms with E-state index in [-0.39, 0.29) is 35.8 Å². The second kappa shape index (κ2) is 9.27. The van der Waals surface area contributed by atoms with Crippen LogP contribution >= 0.6 is 24.0 Å². The number of hydrogen-bond donors (Lipinski definition) is 1. The molecule has 0 spiro atoms. The number of nitrogens with zero attached hydrogens (tertiary/aromatic N) is 1. The van der Waals surface area contributed by atoms with Gasteiger partial charge in [-0.05, 0) is 36.6 Å². The minimum atomic E-state index is -3.03. The molecular weight excluding hydrogens is 432 g/mol. The largest absolute Gasteiger partial charge is 0.497 e. The summed E-state index contributed by atoms with van der Waals surface area (Å²) in [4.78, 5) is 26.7. The maximum atomic E-state index is 12.6. The molecule has 0 saturated carbocycles. The van der Waals surface area contributed by atoms with E-state index in [0.717, 1.165) is 11.3 Å². The van der Waals surface area contributed by atoms with E-state index in [9.17, 15) is 18.0 Å². The third-order valence-electron chi connectivity index (χ3n) is 4.67. The highest BCUT2D eigenvalue weighted by Crippen LogP contribution is 2.33. The number of nitrogens with one attached hydrogen (secondary N) is 1. The average molecular weight is 455 g/mol. The first-order chi connectivity index (χ1) is 13.8. The standard InChI is InChI=1S/C19H22N2O5S3/c1-26-15-6-4-13(5-7-15)11-16-18(23)21(19(27)28-16)9-2-3-17(22)20-14-8-10-29(24,25)12-14/h4-7,11,14H,2-3,8-10,12H2,1H3,(H,20,22). The quantitative estimate of drug-likeness (QED) is 0.497. The number of carbonyl (C=O) groups is 2. The molecule has 2 fully saturated rings. The van der Waals surface area contributed by atoms with Gasteiger partial charge in [0.15, 0.2) is 9.84 Å². The zero-order chi connectivity index (χ0) is 21.0. The van der Waals surface area contributed by atoms with Crippen molar-refractivity contribution in [3.63, 3.8) is 0 Å². The maximum Gasteiger partial charge on any atom is 0.266 e. The van der Waals surface area contributed by atoms with Gasteiger partial charge in [0.1, 0.15) is 10.1 Å². The van der Waals surface area contributed by atoms with Crippen molar-refractivity contribution in [2.24, 2.45) is 0 Å². The molecule has 2 amide bonds. The molecule has 1 atom stereocenters. The fourth-order valence-electron chi connectivity index (χ4n) is 3.15. The minimum absolute atomic E-state index is 0.00356. The Morgan fingerprint density at radius 1 is 1.38 bits per heavy atom. The topological polar surface area (TPSA) is 92.8 Å². The molecule has 1 N–H and O–H groups in total. The van der Waals surface area contributed by atoms with Crippen molar-refractivity contribution < 1.29 is 22.7 Å². The third kappa shape index (κ3) is 5.80. The van der Waals surface area contributed by atoms with E-state index in [0.29, 0.717) is 28.6 Å². The monoisotopic (exact) mass is 454 g/mol. The molecule has 0 aliphatic carbocycles. The van der Waals surface area contributed by atoms with E-state index in [1.165, 1.54) is 16.7 Å². The van der Waals surface area contributed by atoms with Crippen molar-refractivity contribution in [3.05, 3.63) is 34.7 Å². The average Bonchev–Trinajstić information content (AvgIpc) is 3.15. The summed E-state index contributed by atoms with van der Waals surface area (Å²) in [5, 5.41) is 2.75. The van der Waals surface area contributed by atoms with E-state index in [2.05, 4.69) is 5.32 Å². The summed E-state index contributed by atoms with van der Waals surface area (Å²) < 4.78 is 28.5. The summed E-state index contributed by atoms with van der Waals surface area (Å²) in [5.41, 5.74) is 0.872. The van der Waals surface area contributed by atoms with E-state index in [1.807, 2.05) is 24.3 Å². The predicted molar refractivity (Wildman–Crippen MR) is 117 cm³/mol. The Morgan fingerprint density at radius 3 is 2.72 bits per heavy atom. The second-order valence-corrected chi connectivity index (χ2v) is 10.8. The molecule has 7 nitrogen and oxygen atoms in total. The Kier molecular flexibility index (Phi) is 6.97. The van der Waals surface area contributed by atoms with Gasteiger partial charge in [0.25, 0.3) is 5.91 Å². The van der Waals surface area contributed by atoms with Gasteiger partial charge in [0.2, 0.25) is 5.91 Å². The maximum absolute atomic E-state index is 12.6. The second-order valence-electron chi connectivity index (χ2n) is 6.88. The molecule has 1 unspecified atom stereocenters. The first kappa shape index (κ1) is 21.8. The Bertz CT molecular complexity index is 941. The summed E-state index contributed by atoms with van der Waals surface area (Å²) in [6, 6.07) is 7.05. The minimum Gasteiger partial charge on any atom is -0.497 e. The molecule has 156 valence electrons. The molecule has 10 heteroatoms. The van der Waals surface area contributed by atoms with Crippen LogP contribution in [0.5, 0.6) is 5.75 Å². The summed E-state index contributed by atoms with van der Waals surface area (Å²) in [6.45, 7) is 0.348. The summed E-state index contributed by atoms with van der Waals surface area (Å²) >= 11 is 6.55. The van der Waals surface area contributed by atoms with Crippen LogP contribution in [0, 0.1) is 0 Å². The zero-order valence-electron chi connectivity index (χ0n) is 15.9. The van der Waals surface area contributed by atoms with E-state index >= 15 is 0 Å². The van der Waals surface area contributed by atoms with Crippen LogP contribution < -0.4 is 10.1 Å². The van der Waals surface area contributed by atoms with E-state index in [1.54, 1.807) is 13.2 Å². The number of hydrogen-bond acceptors (Lipinski definition) is 7.